The van der Waals surface area contributed by atoms with Gasteiger partial charge in [-0.25, -0.2) is 22.1 Å². The number of halogens is 1. The number of carbonyl (C=O) groups excluding carboxylic acids is 1. The normalized spacial score (nSPS) is 11.9. The molecular formula is C32H24ClN7O3S. The van der Waals surface area contributed by atoms with Crippen LogP contribution in [0.25, 0.3) is 38.8 Å². The second-order valence-corrected chi connectivity index (χ2v) is 12.7. The molecular weight excluding hydrogens is 598 g/mol. The van der Waals surface area contributed by atoms with Crippen LogP contribution in [0.1, 0.15) is 27.4 Å². The Kier molecular flexibility index (Phi) is 6.38. The Morgan fingerprint density at radius 3 is 2.48 bits per heavy atom. The van der Waals surface area contributed by atoms with Crippen molar-refractivity contribution in [1.82, 2.24) is 28.7 Å². The van der Waals surface area contributed by atoms with Gasteiger partial charge in [-0.3, -0.25) is 9.78 Å². The van der Waals surface area contributed by atoms with E-state index in [9.17, 15) is 13.2 Å². The number of aryl methyl sites for hydroxylation is 2. The summed E-state index contributed by atoms with van der Waals surface area (Å²) in [6, 6.07) is 20.5. The first kappa shape index (κ1) is 27.6. The molecule has 0 atom stereocenters. The zero-order valence-corrected chi connectivity index (χ0v) is 25.1. The molecule has 0 bridgehead atoms. The second-order valence-electron chi connectivity index (χ2n) is 10.5. The van der Waals surface area contributed by atoms with E-state index in [0.717, 1.165) is 26.4 Å². The number of fused-ring (bicyclic) bond motifs is 2. The number of nitrogen functional groups attached to an aromatic ring is 1. The van der Waals surface area contributed by atoms with E-state index in [2.05, 4.69) is 20.1 Å². The fraction of sp³-hybridized carbons (Fsp3) is 0.0625. The lowest BCUT2D eigenvalue weighted by atomic mass is 10.1. The number of nitrogens with two attached hydrogens (primary N) is 1. The minimum atomic E-state index is -4.24. The highest BCUT2D eigenvalue weighted by atomic mass is 35.5. The number of ketones is 1. The molecule has 0 fully saturated rings. The molecule has 3 N–H and O–H groups in total. The number of hydrogen-bond donors (Lipinski definition) is 2. The van der Waals surface area contributed by atoms with Gasteiger partial charge in [-0.05, 0) is 67.9 Å². The molecule has 0 saturated carbocycles. The summed E-state index contributed by atoms with van der Waals surface area (Å²) in [5.41, 5.74) is 11.2. The predicted molar refractivity (Wildman–Crippen MR) is 170 cm³/mol. The summed E-state index contributed by atoms with van der Waals surface area (Å²) in [6.07, 6.45) is 4.50. The summed E-state index contributed by atoms with van der Waals surface area (Å²) in [4.78, 5) is 26.0. The van der Waals surface area contributed by atoms with E-state index in [1.165, 1.54) is 29.2 Å². The van der Waals surface area contributed by atoms with Crippen LogP contribution in [-0.4, -0.2) is 42.9 Å². The van der Waals surface area contributed by atoms with Gasteiger partial charge in [0.25, 0.3) is 10.0 Å². The third-order valence-electron chi connectivity index (χ3n) is 7.47. The zero-order valence-electron chi connectivity index (χ0n) is 23.5. The van der Waals surface area contributed by atoms with Gasteiger partial charge in [0.2, 0.25) is 5.78 Å². The van der Waals surface area contributed by atoms with Crippen molar-refractivity contribution in [3.8, 4) is 16.8 Å². The van der Waals surface area contributed by atoms with Crippen molar-refractivity contribution in [2.45, 2.75) is 18.7 Å². The van der Waals surface area contributed by atoms with Gasteiger partial charge in [0, 0.05) is 23.3 Å². The number of aromatic nitrogens is 6. The number of rotatable bonds is 6. The van der Waals surface area contributed by atoms with Gasteiger partial charge in [0.05, 0.1) is 43.9 Å². The van der Waals surface area contributed by atoms with Gasteiger partial charge in [-0.15, -0.1) is 0 Å². The van der Waals surface area contributed by atoms with Crippen LogP contribution in [0.5, 0.6) is 0 Å². The summed E-state index contributed by atoms with van der Waals surface area (Å²) in [6.45, 7) is 3.73. The predicted octanol–water partition coefficient (Wildman–Crippen LogP) is 6.09. The van der Waals surface area contributed by atoms with Gasteiger partial charge in [0.1, 0.15) is 17.3 Å². The molecule has 44 heavy (non-hydrogen) atoms. The Labute approximate surface area is 256 Å². The first-order valence-electron chi connectivity index (χ1n) is 13.5. The van der Waals surface area contributed by atoms with E-state index < -0.39 is 15.8 Å². The molecule has 0 amide bonds. The highest BCUT2D eigenvalue weighted by Gasteiger charge is 2.29. The molecule has 4 aromatic heterocycles. The maximum absolute atomic E-state index is 14.2. The summed E-state index contributed by atoms with van der Waals surface area (Å²) in [5.74, 6) is 0.235. The molecule has 0 unspecified atom stereocenters. The maximum Gasteiger partial charge on any atom is 0.268 e. The quantitative estimate of drug-likeness (QED) is 0.214. The molecule has 0 spiro atoms. The number of nitrogens with one attached hydrogen (secondary N) is 1. The Morgan fingerprint density at radius 2 is 1.70 bits per heavy atom. The molecule has 0 saturated heterocycles. The van der Waals surface area contributed by atoms with E-state index >= 15 is 0 Å². The second kappa shape index (κ2) is 10.2. The number of imidazole rings is 1. The zero-order chi connectivity index (χ0) is 30.7. The standard InChI is InChI=1S/C32H24ClN7O3S/c1-18-3-8-25(9-4-18)44(42,43)40-29-12-20(22-11-23(33)16-35-15-22)5-6-21(29)13-30(40)31(41)26-17-36-39(32(26)34)24-7-10-27-28(14-24)38-19(2)37-27/h3-17H,34H2,1-2H3,(H,37,38). The number of H-pyrrole nitrogens is 1. The Morgan fingerprint density at radius 1 is 0.909 bits per heavy atom. The van der Waals surface area contributed by atoms with Crippen LogP contribution in [0, 0.1) is 13.8 Å². The van der Waals surface area contributed by atoms with Crippen LogP contribution >= 0.6 is 11.6 Å². The molecule has 10 nitrogen and oxygen atoms in total. The first-order chi connectivity index (χ1) is 21.1. The third-order valence-corrected chi connectivity index (χ3v) is 9.42. The molecule has 0 radical (unpaired) electrons. The van der Waals surface area contributed by atoms with Crippen molar-refractivity contribution in [3.05, 3.63) is 119 Å². The molecule has 7 aromatic rings. The maximum atomic E-state index is 14.2. The molecule has 0 aliphatic carbocycles. The highest BCUT2D eigenvalue weighted by Crippen LogP contribution is 2.33. The average molecular weight is 622 g/mol. The number of nitrogens with zero attached hydrogens (tertiary/aromatic N) is 5. The number of pyridine rings is 1. The van der Waals surface area contributed by atoms with Crippen LogP contribution in [0.4, 0.5) is 5.82 Å². The van der Waals surface area contributed by atoms with Crippen LogP contribution < -0.4 is 5.73 Å². The number of benzene rings is 3. The first-order valence-corrected chi connectivity index (χ1v) is 15.4. The van der Waals surface area contributed by atoms with Gasteiger partial charge in [0.15, 0.2) is 0 Å². The van der Waals surface area contributed by atoms with E-state index in [1.54, 1.807) is 42.6 Å². The lowest BCUT2D eigenvalue weighted by Crippen LogP contribution is -2.19. The van der Waals surface area contributed by atoms with Gasteiger partial charge >= 0.3 is 0 Å². The fourth-order valence-corrected chi connectivity index (χ4v) is 6.97. The van der Waals surface area contributed by atoms with Gasteiger partial charge in [-0.2, -0.15) is 5.10 Å². The Balaban J connectivity index is 1.40. The molecule has 218 valence electrons. The van der Waals surface area contributed by atoms with Crippen molar-refractivity contribution >= 4 is 55.2 Å². The highest BCUT2D eigenvalue weighted by molar-refractivity contribution is 7.90. The van der Waals surface area contributed by atoms with E-state index in [4.69, 9.17) is 17.3 Å². The van der Waals surface area contributed by atoms with E-state index in [-0.39, 0.29) is 22.0 Å². The van der Waals surface area contributed by atoms with Gasteiger partial charge in [-0.1, -0.05) is 41.4 Å². The summed E-state index contributed by atoms with van der Waals surface area (Å²) < 4.78 is 31.0. The lowest BCUT2D eigenvalue weighted by molar-refractivity contribution is 0.103. The minimum Gasteiger partial charge on any atom is -0.383 e. The Hall–Kier alpha value is -5.26. The van der Waals surface area contributed by atoms with Gasteiger partial charge < -0.3 is 10.7 Å². The minimum absolute atomic E-state index is 0.0377. The molecule has 7 rings (SSSR count). The monoisotopic (exact) mass is 621 g/mol. The van der Waals surface area contributed by atoms with Crippen molar-refractivity contribution in [1.29, 1.82) is 0 Å². The van der Waals surface area contributed by atoms with Crippen LogP contribution in [0.3, 0.4) is 0 Å². The topological polar surface area (TPSA) is 142 Å². The van der Waals surface area contributed by atoms with Crippen molar-refractivity contribution in [2.24, 2.45) is 0 Å². The largest absolute Gasteiger partial charge is 0.383 e. The number of anilines is 1. The molecule has 4 heterocycles. The van der Waals surface area contributed by atoms with Crippen molar-refractivity contribution in [3.63, 3.8) is 0 Å². The van der Waals surface area contributed by atoms with Crippen LogP contribution in [0.15, 0.2) is 96.3 Å². The van der Waals surface area contributed by atoms with Crippen LogP contribution in [0.2, 0.25) is 5.02 Å². The number of hydrogen-bond acceptors (Lipinski definition) is 7. The van der Waals surface area contributed by atoms with E-state index in [0.29, 0.717) is 32.7 Å². The fourth-order valence-electron chi connectivity index (χ4n) is 5.29. The number of aromatic amines is 1. The summed E-state index contributed by atoms with van der Waals surface area (Å²) in [5, 5.41) is 5.37. The van der Waals surface area contributed by atoms with Crippen molar-refractivity contribution < 1.29 is 13.2 Å². The third kappa shape index (κ3) is 4.53. The smallest absolute Gasteiger partial charge is 0.268 e. The van der Waals surface area contributed by atoms with E-state index in [1.807, 2.05) is 38.1 Å². The SMILES string of the molecule is Cc1ccc(S(=O)(=O)n2c(C(=O)c3cnn(-c4ccc5[nH]c(C)nc5c4)c3N)cc3ccc(-c4cncc(Cl)c4)cc32)cc1. The Bertz CT molecular complexity index is 2370. The number of carbonyl (C=O) groups is 1. The molecule has 3 aromatic carbocycles. The molecule has 12 heteroatoms. The lowest BCUT2D eigenvalue weighted by Gasteiger charge is -2.13. The summed E-state index contributed by atoms with van der Waals surface area (Å²) in [7, 11) is -4.24. The van der Waals surface area contributed by atoms with Crippen molar-refractivity contribution in [2.75, 3.05) is 5.73 Å². The summed E-state index contributed by atoms with van der Waals surface area (Å²) >= 11 is 6.18. The van der Waals surface area contributed by atoms with Crippen LogP contribution in [-0.2, 0) is 10.0 Å². The molecule has 0 aliphatic heterocycles. The molecule has 0 aliphatic rings. The average Bonchev–Trinajstić information content (AvgIpc) is 3.70.